The predicted octanol–water partition coefficient (Wildman–Crippen LogP) is 5.03. The predicted molar refractivity (Wildman–Crippen MR) is 114 cm³/mol. The highest BCUT2D eigenvalue weighted by atomic mass is 32.2. The third kappa shape index (κ3) is 12.7. The SMILES string of the molecule is C=C(C)C(=O)SCCC(C)(C)OCCOC(C)(C)CCSC(=O)C(=C)C. The van der Waals surface area contributed by atoms with Crippen LogP contribution in [-0.4, -0.2) is 46.2 Å². The largest absolute Gasteiger partial charge is 0.373 e. The Bertz CT molecular complexity index is 464. The third-order valence-corrected chi connectivity index (χ3v) is 5.68. The van der Waals surface area contributed by atoms with Crippen molar-refractivity contribution in [1.82, 2.24) is 0 Å². The van der Waals surface area contributed by atoms with E-state index in [-0.39, 0.29) is 21.4 Å². The Morgan fingerprint density at radius 3 is 1.35 bits per heavy atom. The van der Waals surface area contributed by atoms with Gasteiger partial charge >= 0.3 is 0 Å². The molecule has 4 nitrogen and oxygen atoms in total. The summed E-state index contributed by atoms with van der Waals surface area (Å²) in [7, 11) is 0. The first-order chi connectivity index (χ1) is 11.9. The van der Waals surface area contributed by atoms with Crippen LogP contribution in [0.1, 0.15) is 54.4 Å². The first-order valence-electron chi connectivity index (χ1n) is 8.79. The van der Waals surface area contributed by atoms with Crippen molar-refractivity contribution in [3.63, 3.8) is 0 Å². The van der Waals surface area contributed by atoms with Crippen molar-refractivity contribution in [1.29, 1.82) is 0 Å². The molecule has 0 amide bonds. The number of rotatable bonds is 13. The molecular weight excluding hydrogens is 368 g/mol. The molecular formula is C20H34O4S2. The van der Waals surface area contributed by atoms with E-state index in [1.807, 2.05) is 27.7 Å². The van der Waals surface area contributed by atoms with Crippen LogP contribution in [-0.2, 0) is 19.1 Å². The van der Waals surface area contributed by atoms with Gasteiger partial charge in [0.1, 0.15) is 0 Å². The zero-order valence-electron chi connectivity index (χ0n) is 17.1. The van der Waals surface area contributed by atoms with Gasteiger partial charge in [-0.3, -0.25) is 9.59 Å². The molecule has 0 aromatic carbocycles. The lowest BCUT2D eigenvalue weighted by atomic mass is 10.1. The maximum atomic E-state index is 11.5. The molecule has 0 rings (SSSR count). The number of carbonyl (C=O) groups is 2. The number of hydrogen-bond acceptors (Lipinski definition) is 6. The number of ether oxygens (including phenoxy) is 2. The Kier molecular flexibility index (Phi) is 11.7. The van der Waals surface area contributed by atoms with Crippen LogP contribution >= 0.6 is 23.5 Å². The smallest absolute Gasteiger partial charge is 0.214 e. The molecule has 0 spiro atoms. The number of thioether (sulfide) groups is 2. The Balaban J connectivity index is 3.99. The monoisotopic (exact) mass is 402 g/mol. The van der Waals surface area contributed by atoms with Crippen LogP contribution in [0.2, 0.25) is 0 Å². The lowest BCUT2D eigenvalue weighted by Crippen LogP contribution is -2.31. The molecule has 0 fully saturated rings. The average Bonchev–Trinajstić information content (AvgIpc) is 2.50. The maximum Gasteiger partial charge on any atom is 0.214 e. The molecule has 0 aliphatic rings. The van der Waals surface area contributed by atoms with Gasteiger partial charge in [0.05, 0.1) is 24.4 Å². The minimum Gasteiger partial charge on any atom is -0.373 e. The fraction of sp³-hybridized carbons (Fsp3) is 0.700. The minimum absolute atomic E-state index is 0.0360. The summed E-state index contributed by atoms with van der Waals surface area (Å²) in [5.74, 6) is 1.41. The molecule has 6 heteroatoms. The van der Waals surface area contributed by atoms with E-state index in [1.54, 1.807) is 13.8 Å². The van der Waals surface area contributed by atoms with Crippen LogP contribution in [0.4, 0.5) is 0 Å². The van der Waals surface area contributed by atoms with E-state index in [4.69, 9.17) is 9.47 Å². The molecule has 0 N–H and O–H groups in total. The zero-order valence-corrected chi connectivity index (χ0v) is 18.7. The van der Waals surface area contributed by atoms with Gasteiger partial charge in [0.25, 0.3) is 0 Å². The molecule has 0 aromatic heterocycles. The van der Waals surface area contributed by atoms with E-state index in [2.05, 4.69) is 13.2 Å². The van der Waals surface area contributed by atoms with Gasteiger partial charge in [-0.1, -0.05) is 36.7 Å². The van der Waals surface area contributed by atoms with Crippen LogP contribution in [0.5, 0.6) is 0 Å². The molecule has 0 unspecified atom stereocenters. The fourth-order valence-electron chi connectivity index (χ4n) is 1.81. The van der Waals surface area contributed by atoms with Gasteiger partial charge in [-0.05, 0) is 65.5 Å². The van der Waals surface area contributed by atoms with Crippen LogP contribution in [0.3, 0.4) is 0 Å². The summed E-state index contributed by atoms with van der Waals surface area (Å²) < 4.78 is 11.8. The molecule has 0 atom stereocenters. The van der Waals surface area contributed by atoms with Crippen LogP contribution < -0.4 is 0 Å². The van der Waals surface area contributed by atoms with Crippen molar-refractivity contribution >= 4 is 33.8 Å². The number of carbonyl (C=O) groups excluding carboxylic acids is 2. The lowest BCUT2D eigenvalue weighted by molar-refractivity contribution is -0.108. The Hall–Kier alpha value is -0.560. The second kappa shape index (κ2) is 12.0. The molecule has 0 radical (unpaired) electrons. The van der Waals surface area contributed by atoms with Gasteiger partial charge in [0, 0.05) is 11.5 Å². The van der Waals surface area contributed by atoms with Crippen molar-refractivity contribution in [3.05, 3.63) is 24.3 Å². The van der Waals surface area contributed by atoms with Gasteiger partial charge in [0.2, 0.25) is 10.2 Å². The topological polar surface area (TPSA) is 52.6 Å². The van der Waals surface area contributed by atoms with Gasteiger partial charge in [-0.2, -0.15) is 0 Å². The van der Waals surface area contributed by atoms with E-state index >= 15 is 0 Å². The van der Waals surface area contributed by atoms with E-state index in [0.29, 0.717) is 35.9 Å². The van der Waals surface area contributed by atoms with Gasteiger partial charge in [-0.25, -0.2) is 0 Å². The Labute approximate surface area is 167 Å². The Morgan fingerprint density at radius 1 is 0.769 bits per heavy atom. The van der Waals surface area contributed by atoms with Crippen molar-refractivity contribution in [2.45, 2.75) is 65.6 Å². The molecule has 0 saturated carbocycles. The molecule has 0 aromatic rings. The van der Waals surface area contributed by atoms with Crippen LogP contribution in [0, 0.1) is 0 Å². The van der Waals surface area contributed by atoms with Gasteiger partial charge < -0.3 is 9.47 Å². The van der Waals surface area contributed by atoms with Gasteiger partial charge in [0.15, 0.2) is 0 Å². The van der Waals surface area contributed by atoms with Crippen LogP contribution in [0.25, 0.3) is 0 Å². The molecule has 0 heterocycles. The van der Waals surface area contributed by atoms with E-state index < -0.39 is 0 Å². The first-order valence-corrected chi connectivity index (χ1v) is 10.8. The third-order valence-electron chi connectivity index (χ3n) is 3.64. The second-order valence-corrected chi connectivity index (χ2v) is 9.68. The molecule has 0 aliphatic heterocycles. The normalized spacial score (nSPS) is 12.1. The summed E-state index contributed by atoms with van der Waals surface area (Å²) in [6, 6.07) is 0. The van der Waals surface area contributed by atoms with E-state index in [1.165, 1.54) is 23.5 Å². The summed E-state index contributed by atoms with van der Waals surface area (Å²) in [6.45, 7) is 19.8. The van der Waals surface area contributed by atoms with E-state index in [0.717, 1.165) is 12.8 Å². The second-order valence-electron chi connectivity index (χ2n) is 7.55. The highest BCUT2D eigenvalue weighted by Crippen LogP contribution is 2.22. The highest BCUT2D eigenvalue weighted by Gasteiger charge is 2.22. The van der Waals surface area contributed by atoms with Crippen molar-refractivity contribution in [2.24, 2.45) is 0 Å². The summed E-state index contributed by atoms with van der Waals surface area (Å²) >= 11 is 2.56. The standard InChI is InChI=1S/C20H34O4S2/c1-15(2)17(21)25-13-9-19(5,6)23-11-12-24-20(7,8)10-14-26-18(22)16(3)4/h1,3,9-14H2,2,4-8H3. The quantitative estimate of drug-likeness (QED) is 0.318. The molecule has 150 valence electrons. The number of hydrogen-bond donors (Lipinski definition) is 0. The maximum absolute atomic E-state index is 11.5. The fourth-order valence-corrected chi connectivity index (χ4v) is 3.86. The molecule has 0 bridgehead atoms. The van der Waals surface area contributed by atoms with Crippen molar-refractivity contribution in [3.8, 4) is 0 Å². The molecule has 26 heavy (non-hydrogen) atoms. The van der Waals surface area contributed by atoms with Crippen molar-refractivity contribution < 1.29 is 19.1 Å². The minimum atomic E-state index is -0.306. The molecule has 0 saturated heterocycles. The zero-order chi connectivity index (χ0) is 20.4. The summed E-state index contributed by atoms with van der Waals surface area (Å²) in [5, 5.41) is 0.0720. The summed E-state index contributed by atoms with van der Waals surface area (Å²) in [5.41, 5.74) is 0.541. The average molecular weight is 403 g/mol. The van der Waals surface area contributed by atoms with E-state index in [9.17, 15) is 9.59 Å². The summed E-state index contributed by atoms with van der Waals surface area (Å²) in [4.78, 5) is 23.1. The van der Waals surface area contributed by atoms with Gasteiger partial charge in [-0.15, -0.1) is 0 Å². The van der Waals surface area contributed by atoms with Crippen LogP contribution in [0.15, 0.2) is 24.3 Å². The Morgan fingerprint density at radius 2 is 1.08 bits per heavy atom. The van der Waals surface area contributed by atoms with Crippen molar-refractivity contribution in [2.75, 3.05) is 24.7 Å². The summed E-state index contributed by atoms with van der Waals surface area (Å²) in [6.07, 6.45) is 1.56. The highest BCUT2D eigenvalue weighted by molar-refractivity contribution is 8.14. The molecule has 0 aliphatic carbocycles. The lowest BCUT2D eigenvalue weighted by Gasteiger charge is -2.28. The first kappa shape index (κ1) is 25.4.